The van der Waals surface area contributed by atoms with Crippen molar-refractivity contribution >= 4 is 16.8 Å². The van der Waals surface area contributed by atoms with E-state index in [1.165, 1.54) is 6.07 Å². The van der Waals surface area contributed by atoms with E-state index in [2.05, 4.69) is 4.98 Å². The Kier molecular flexibility index (Phi) is 6.12. The molecule has 3 aromatic carbocycles. The number of alkyl halides is 3. The van der Waals surface area contributed by atoms with Crippen LogP contribution in [0.4, 0.5) is 13.2 Å². The number of hydrogen-bond donors (Lipinski definition) is 1. The van der Waals surface area contributed by atoms with Crippen LogP contribution >= 0.6 is 0 Å². The predicted molar refractivity (Wildman–Crippen MR) is 130 cm³/mol. The first-order valence-electron chi connectivity index (χ1n) is 11.6. The van der Waals surface area contributed by atoms with Crippen molar-refractivity contribution in [1.29, 1.82) is 0 Å². The summed E-state index contributed by atoms with van der Waals surface area (Å²) in [5.74, 6) is 0.927. The lowest BCUT2D eigenvalue weighted by Crippen LogP contribution is -2.46. The minimum Gasteiger partial charge on any atom is -0.497 e. The highest BCUT2D eigenvalue weighted by Crippen LogP contribution is 2.41. The molecule has 0 saturated carbocycles. The number of para-hydroxylation sites is 1. The molecule has 4 aromatic rings. The van der Waals surface area contributed by atoms with Gasteiger partial charge in [0, 0.05) is 23.1 Å². The largest absolute Gasteiger partial charge is 0.497 e. The second kappa shape index (κ2) is 9.26. The second-order valence-electron chi connectivity index (χ2n) is 8.81. The van der Waals surface area contributed by atoms with Crippen LogP contribution in [0, 0.1) is 0 Å². The summed E-state index contributed by atoms with van der Waals surface area (Å²) in [7, 11) is 1.58. The number of aromatic nitrogens is 1. The molecule has 0 spiro atoms. The quantitative estimate of drug-likeness (QED) is 0.363. The first-order chi connectivity index (χ1) is 17.3. The van der Waals surface area contributed by atoms with Gasteiger partial charge in [0.05, 0.1) is 18.7 Å². The predicted octanol–water partition coefficient (Wildman–Crippen LogP) is 6.14. The van der Waals surface area contributed by atoms with E-state index in [1.54, 1.807) is 37.1 Å². The monoisotopic (exact) mass is 494 g/mol. The van der Waals surface area contributed by atoms with Gasteiger partial charge in [-0.1, -0.05) is 30.3 Å². The number of nitrogens with zero attached hydrogens (tertiary/aromatic N) is 1. The van der Waals surface area contributed by atoms with E-state index in [0.717, 1.165) is 28.6 Å². The van der Waals surface area contributed by atoms with Gasteiger partial charge in [0.15, 0.2) is 6.10 Å². The van der Waals surface area contributed by atoms with Crippen LogP contribution in [0.5, 0.6) is 11.5 Å². The molecule has 1 aromatic heterocycles. The number of benzene rings is 3. The summed E-state index contributed by atoms with van der Waals surface area (Å²) in [5, 5.41) is 0.932. The SMILES string of the molecule is COc1ccc2[nH]c3c(c2c1)CCN(C(=O)[C@H](C)Oc1ccccc1)[C@@H]3c1cccc(C(F)(F)F)c1. The van der Waals surface area contributed by atoms with Crippen molar-refractivity contribution < 1.29 is 27.4 Å². The highest BCUT2D eigenvalue weighted by Gasteiger charge is 2.38. The summed E-state index contributed by atoms with van der Waals surface area (Å²) in [4.78, 5) is 18.6. The molecule has 0 fully saturated rings. The molecule has 0 saturated heterocycles. The van der Waals surface area contributed by atoms with Crippen molar-refractivity contribution in [2.75, 3.05) is 13.7 Å². The first kappa shape index (κ1) is 23.8. The molecule has 2 heterocycles. The van der Waals surface area contributed by atoms with E-state index >= 15 is 0 Å². The molecule has 1 N–H and O–H groups in total. The topological polar surface area (TPSA) is 54.6 Å². The van der Waals surface area contributed by atoms with Gasteiger partial charge in [-0.05, 0) is 66.9 Å². The summed E-state index contributed by atoms with van der Waals surface area (Å²) in [5.41, 5.74) is 2.12. The normalized spacial score (nSPS) is 16.5. The van der Waals surface area contributed by atoms with Gasteiger partial charge in [-0.25, -0.2) is 0 Å². The number of ether oxygens (including phenoxy) is 2. The lowest BCUT2D eigenvalue weighted by atomic mass is 9.91. The van der Waals surface area contributed by atoms with Crippen molar-refractivity contribution in [1.82, 2.24) is 9.88 Å². The zero-order valence-corrected chi connectivity index (χ0v) is 19.8. The van der Waals surface area contributed by atoms with Crippen molar-refractivity contribution in [2.45, 2.75) is 31.7 Å². The number of rotatable bonds is 5. The second-order valence-corrected chi connectivity index (χ2v) is 8.81. The van der Waals surface area contributed by atoms with E-state index < -0.39 is 23.9 Å². The van der Waals surface area contributed by atoms with Crippen molar-refractivity contribution in [2.24, 2.45) is 0 Å². The molecule has 5 nitrogen and oxygen atoms in total. The molecule has 36 heavy (non-hydrogen) atoms. The Labute approximate surface area is 206 Å². The van der Waals surface area contributed by atoms with Gasteiger partial charge in [-0.2, -0.15) is 13.2 Å². The van der Waals surface area contributed by atoms with Gasteiger partial charge < -0.3 is 19.4 Å². The maximum atomic E-state index is 13.6. The lowest BCUT2D eigenvalue weighted by Gasteiger charge is -2.37. The van der Waals surface area contributed by atoms with Crippen LogP contribution in [-0.2, 0) is 17.4 Å². The Hall–Kier alpha value is -3.94. The number of amides is 1. The van der Waals surface area contributed by atoms with Crippen LogP contribution in [0.2, 0.25) is 0 Å². The maximum Gasteiger partial charge on any atom is 0.416 e. The fourth-order valence-electron chi connectivity index (χ4n) is 4.85. The van der Waals surface area contributed by atoms with Gasteiger partial charge in [0.25, 0.3) is 5.91 Å². The maximum absolute atomic E-state index is 13.6. The van der Waals surface area contributed by atoms with E-state index in [9.17, 15) is 18.0 Å². The molecule has 8 heteroatoms. The van der Waals surface area contributed by atoms with Crippen molar-refractivity contribution in [3.8, 4) is 11.5 Å². The third-order valence-corrected chi connectivity index (χ3v) is 6.55. The molecule has 0 unspecified atom stereocenters. The first-order valence-corrected chi connectivity index (χ1v) is 11.6. The van der Waals surface area contributed by atoms with E-state index in [0.29, 0.717) is 35.7 Å². The summed E-state index contributed by atoms with van der Waals surface area (Å²) in [6, 6.07) is 19.0. The van der Waals surface area contributed by atoms with E-state index in [-0.39, 0.29) is 5.91 Å². The number of carbonyl (C=O) groups excluding carboxylic acids is 1. The van der Waals surface area contributed by atoms with E-state index in [4.69, 9.17) is 9.47 Å². The Morgan fingerprint density at radius 3 is 2.53 bits per heavy atom. The Balaban J connectivity index is 1.59. The number of hydrogen-bond acceptors (Lipinski definition) is 3. The van der Waals surface area contributed by atoms with Crippen molar-refractivity contribution in [3.63, 3.8) is 0 Å². The average Bonchev–Trinajstić information content (AvgIpc) is 3.25. The Morgan fingerprint density at radius 1 is 1.03 bits per heavy atom. The molecule has 1 amide bonds. The molecular weight excluding hydrogens is 469 g/mol. The summed E-state index contributed by atoms with van der Waals surface area (Å²) in [6.07, 6.45) is -4.78. The van der Waals surface area contributed by atoms with Gasteiger partial charge in [-0.15, -0.1) is 0 Å². The molecule has 1 aliphatic rings. The van der Waals surface area contributed by atoms with Crippen molar-refractivity contribution in [3.05, 3.63) is 95.2 Å². The number of methoxy groups -OCH3 is 1. The van der Waals surface area contributed by atoms with Gasteiger partial charge in [-0.3, -0.25) is 4.79 Å². The third-order valence-electron chi connectivity index (χ3n) is 6.55. The van der Waals surface area contributed by atoms with Crippen LogP contribution in [0.3, 0.4) is 0 Å². The molecule has 1 aliphatic heterocycles. The number of carbonyl (C=O) groups is 1. The van der Waals surface area contributed by atoms with Crippen LogP contribution in [0.1, 0.15) is 35.3 Å². The zero-order chi connectivity index (χ0) is 25.4. The van der Waals surface area contributed by atoms with Gasteiger partial charge in [0.2, 0.25) is 0 Å². The lowest BCUT2D eigenvalue weighted by molar-refractivity contribution is -0.140. The number of halogens is 3. The molecule has 186 valence electrons. The summed E-state index contributed by atoms with van der Waals surface area (Å²) < 4.78 is 52.0. The van der Waals surface area contributed by atoms with Crippen LogP contribution in [0.15, 0.2) is 72.8 Å². The third kappa shape index (κ3) is 4.39. The summed E-state index contributed by atoms with van der Waals surface area (Å²) >= 11 is 0. The zero-order valence-electron chi connectivity index (χ0n) is 19.8. The average molecular weight is 495 g/mol. The minimum atomic E-state index is -4.50. The Bertz CT molecular complexity index is 1400. The molecule has 0 radical (unpaired) electrons. The molecule has 0 bridgehead atoms. The highest BCUT2D eigenvalue weighted by molar-refractivity contribution is 5.88. The fourth-order valence-corrected chi connectivity index (χ4v) is 4.85. The molecule has 2 atom stereocenters. The van der Waals surface area contributed by atoms with E-state index in [1.807, 2.05) is 36.4 Å². The summed E-state index contributed by atoms with van der Waals surface area (Å²) in [6.45, 7) is 1.99. The van der Waals surface area contributed by atoms with Gasteiger partial charge >= 0.3 is 6.18 Å². The Morgan fingerprint density at radius 2 is 1.81 bits per heavy atom. The fraction of sp³-hybridized carbons (Fsp3) is 0.250. The molecule has 0 aliphatic carbocycles. The number of aromatic amines is 1. The molecular formula is C28H25F3N2O3. The number of H-pyrrole nitrogens is 1. The van der Waals surface area contributed by atoms with Crippen LogP contribution < -0.4 is 9.47 Å². The van der Waals surface area contributed by atoms with Crippen LogP contribution in [0.25, 0.3) is 10.9 Å². The highest BCUT2D eigenvalue weighted by atomic mass is 19.4. The van der Waals surface area contributed by atoms with Gasteiger partial charge in [0.1, 0.15) is 11.5 Å². The number of fused-ring (bicyclic) bond motifs is 3. The standard InChI is InChI=1S/C28H25F3N2O3/c1-17(36-20-9-4-3-5-10-20)27(34)33-14-13-22-23-16-21(35-2)11-12-24(23)32-25(22)26(33)18-7-6-8-19(15-18)28(29,30)31/h3-12,15-17,26,32H,13-14H2,1-2H3/t17-,26+/m0/s1. The number of nitrogens with one attached hydrogen (secondary N) is 1. The minimum absolute atomic E-state index is 0.303. The molecule has 5 rings (SSSR count). The van der Waals surface area contributed by atoms with Crippen LogP contribution in [-0.4, -0.2) is 35.5 Å². The smallest absolute Gasteiger partial charge is 0.416 e.